The summed E-state index contributed by atoms with van der Waals surface area (Å²) in [5.41, 5.74) is 2.32. The van der Waals surface area contributed by atoms with E-state index in [-0.39, 0.29) is 11.2 Å². The third kappa shape index (κ3) is 2.78. The Morgan fingerprint density at radius 3 is 2.42 bits per heavy atom. The second-order valence-electron chi connectivity index (χ2n) is 5.74. The molecule has 0 aliphatic heterocycles. The zero-order chi connectivity index (χ0) is 14.0. The molecule has 0 atom stereocenters. The molecule has 0 saturated carbocycles. The Morgan fingerprint density at radius 2 is 1.79 bits per heavy atom. The lowest BCUT2D eigenvalue weighted by molar-refractivity contribution is 0.0962. The van der Waals surface area contributed by atoms with Gasteiger partial charge in [-0.25, -0.2) is 0 Å². The van der Waals surface area contributed by atoms with Crippen molar-refractivity contribution in [2.45, 2.75) is 39.5 Å². The molecular weight excluding hydrogens is 236 g/mol. The molecule has 0 spiro atoms. The summed E-state index contributed by atoms with van der Waals surface area (Å²) >= 11 is 0. The van der Waals surface area contributed by atoms with Crippen LogP contribution >= 0.6 is 0 Å². The van der Waals surface area contributed by atoms with Gasteiger partial charge < -0.3 is 4.42 Å². The maximum absolute atomic E-state index is 11.6. The predicted octanol–water partition coefficient (Wildman–Crippen LogP) is 4.84. The standard InChI is InChI=1S/C17H20O2/c1-5-14(18)16-11-10-15(19-16)12-8-6-7-9-13(12)17(2,3)4/h6-11H,5H2,1-4H3. The van der Waals surface area contributed by atoms with Crippen molar-refractivity contribution in [3.05, 3.63) is 47.7 Å². The Morgan fingerprint density at radius 1 is 1.11 bits per heavy atom. The molecule has 0 fully saturated rings. The summed E-state index contributed by atoms with van der Waals surface area (Å²) < 4.78 is 5.71. The zero-order valence-corrected chi connectivity index (χ0v) is 12.0. The number of carbonyl (C=O) groups excluding carboxylic acids is 1. The van der Waals surface area contributed by atoms with Crippen molar-refractivity contribution in [3.8, 4) is 11.3 Å². The third-order valence-electron chi connectivity index (χ3n) is 3.20. The molecule has 0 aliphatic carbocycles. The molecule has 100 valence electrons. The monoisotopic (exact) mass is 256 g/mol. The highest BCUT2D eigenvalue weighted by Crippen LogP contribution is 2.33. The minimum Gasteiger partial charge on any atom is -0.453 e. The van der Waals surface area contributed by atoms with Crippen LogP contribution in [0, 0.1) is 0 Å². The van der Waals surface area contributed by atoms with Crippen LogP contribution in [0.1, 0.15) is 50.2 Å². The van der Waals surface area contributed by atoms with Gasteiger partial charge in [-0.05, 0) is 23.1 Å². The molecule has 0 bridgehead atoms. The SMILES string of the molecule is CCC(=O)c1ccc(-c2ccccc2C(C)(C)C)o1. The van der Waals surface area contributed by atoms with Crippen molar-refractivity contribution in [1.29, 1.82) is 0 Å². The van der Waals surface area contributed by atoms with Gasteiger partial charge in [0.2, 0.25) is 0 Å². The first-order valence-electron chi connectivity index (χ1n) is 6.66. The molecule has 1 aromatic heterocycles. The van der Waals surface area contributed by atoms with E-state index in [1.165, 1.54) is 5.56 Å². The van der Waals surface area contributed by atoms with E-state index in [4.69, 9.17) is 4.42 Å². The molecule has 0 N–H and O–H groups in total. The van der Waals surface area contributed by atoms with Crippen molar-refractivity contribution >= 4 is 5.78 Å². The van der Waals surface area contributed by atoms with Crippen LogP contribution in [0.2, 0.25) is 0 Å². The molecule has 0 saturated heterocycles. The lowest BCUT2D eigenvalue weighted by Crippen LogP contribution is -2.12. The maximum atomic E-state index is 11.6. The number of benzene rings is 1. The first-order chi connectivity index (χ1) is 8.93. The summed E-state index contributed by atoms with van der Waals surface area (Å²) in [4.78, 5) is 11.6. The van der Waals surface area contributed by atoms with Crippen molar-refractivity contribution in [2.24, 2.45) is 0 Å². The van der Waals surface area contributed by atoms with E-state index in [0.29, 0.717) is 12.2 Å². The molecule has 0 aliphatic rings. The quantitative estimate of drug-likeness (QED) is 0.736. The van der Waals surface area contributed by atoms with Crippen LogP contribution in [-0.2, 0) is 5.41 Å². The number of Topliss-reactive ketones (excluding diaryl/α,β-unsaturated/α-hetero) is 1. The van der Waals surface area contributed by atoms with Crippen molar-refractivity contribution < 1.29 is 9.21 Å². The third-order valence-corrected chi connectivity index (χ3v) is 3.20. The largest absolute Gasteiger partial charge is 0.453 e. The van der Waals surface area contributed by atoms with E-state index < -0.39 is 0 Å². The van der Waals surface area contributed by atoms with Crippen LogP contribution in [0.3, 0.4) is 0 Å². The first kappa shape index (κ1) is 13.6. The van der Waals surface area contributed by atoms with Gasteiger partial charge in [0, 0.05) is 12.0 Å². The number of rotatable bonds is 3. The van der Waals surface area contributed by atoms with Gasteiger partial charge in [0.15, 0.2) is 11.5 Å². The average molecular weight is 256 g/mol. The van der Waals surface area contributed by atoms with Crippen molar-refractivity contribution in [1.82, 2.24) is 0 Å². The molecule has 2 aromatic rings. The van der Waals surface area contributed by atoms with Gasteiger partial charge in [-0.2, -0.15) is 0 Å². The van der Waals surface area contributed by atoms with Gasteiger partial charge in [-0.1, -0.05) is 52.0 Å². The summed E-state index contributed by atoms with van der Waals surface area (Å²) in [5, 5.41) is 0. The van der Waals surface area contributed by atoms with Crippen LogP contribution in [0.25, 0.3) is 11.3 Å². The van der Waals surface area contributed by atoms with Crippen LogP contribution in [-0.4, -0.2) is 5.78 Å². The van der Waals surface area contributed by atoms with Gasteiger partial charge in [-0.3, -0.25) is 4.79 Å². The Kier molecular flexibility index (Phi) is 3.61. The molecule has 0 radical (unpaired) electrons. The first-order valence-corrected chi connectivity index (χ1v) is 6.66. The molecular formula is C17H20O2. The minimum atomic E-state index is 0.0400. The van der Waals surface area contributed by atoms with Gasteiger partial charge in [-0.15, -0.1) is 0 Å². The highest BCUT2D eigenvalue weighted by atomic mass is 16.3. The van der Waals surface area contributed by atoms with Gasteiger partial charge >= 0.3 is 0 Å². The minimum absolute atomic E-state index is 0.0400. The lowest BCUT2D eigenvalue weighted by Gasteiger charge is -2.21. The van der Waals surface area contributed by atoms with Crippen molar-refractivity contribution in [2.75, 3.05) is 0 Å². The summed E-state index contributed by atoms with van der Waals surface area (Å²) in [5.74, 6) is 1.25. The molecule has 1 heterocycles. The van der Waals surface area contributed by atoms with Gasteiger partial charge in [0.1, 0.15) is 5.76 Å². The molecule has 19 heavy (non-hydrogen) atoms. The van der Waals surface area contributed by atoms with Crippen LogP contribution in [0.4, 0.5) is 0 Å². The number of carbonyl (C=O) groups is 1. The number of hydrogen-bond donors (Lipinski definition) is 0. The van der Waals surface area contributed by atoms with Crippen LogP contribution < -0.4 is 0 Å². The van der Waals surface area contributed by atoms with E-state index in [0.717, 1.165) is 11.3 Å². The molecule has 2 rings (SSSR count). The second kappa shape index (κ2) is 5.04. The number of ketones is 1. The fourth-order valence-corrected chi connectivity index (χ4v) is 2.16. The van der Waals surface area contributed by atoms with Gasteiger partial charge in [0.25, 0.3) is 0 Å². The summed E-state index contributed by atoms with van der Waals surface area (Å²) in [7, 11) is 0. The second-order valence-corrected chi connectivity index (χ2v) is 5.74. The Balaban J connectivity index is 2.48. The van der Waals surface area contributed by atoms with Gasteiger partial charge in [0.05, 0.1) is 0 Å². The maximum Gasteiger partial charge on any atom is 0.197 e. The van der Waals surface area contributed by atoms with E-state index in [1.54, 1.807) is 6.07 Å². The molecule has 0 amide bonds. The van der Waals surface area contributed by atoms with Crippen molar-refractivity contribution in [3.63, 3.8) is 0 Å². The Bertz CT molecular complexity index is 585. The molecule has 1 aromatic carbocycles. The molecule has 0 unspecified atom stereocenters. The Labute approximate surface area is 114 Å². The summed E-state index contributed by atoms with van der Waals surface area (Å²) in [6.45, 7) is 8.36. The average Bonchev–Trinajstić information content (AvgIpc) is 2.86. The predicted molar refractivity (Wildman–Crippen MR) is 77.5 cm³/mol. The van der Waals surface area contributed by atoms with Crippen LogP contribution in [0.5, 0.6) is 0 Å². The van der Waals surface area contributed by atoms with E-state index in [1.807, 2.05) is 31.2 Å². The normalized spacial score (nSPS) is 11.6. The lowest BCUT2D eigenvalue weighted by atomic mass is 9.83. The van der Waals surface area contributed by atoms with Crippen LogP contribution in [0.15, 0.2) is 40.8 Å². The summed E-state index contributed by atoms with van der Waals surface area (Å²) in [6, 6.07) is 11.8. The Hall–Kier alpha value is -1.83. The fourth-order valence-electron chi connectivity index (χ4n) is 2.16. The van der Waals surface area contributed by atoms with E-state index in [2.05, 4.69) is 26.8 Å². The topological polar surface area (TPSA) is 30.2 Å². The number of hydrogen-bond acceptors (Lipinski definition) is 2. The zero-order valence-electron chi connectivity index (χ0n) is 12.0. The highest BCUT2D eigenvalue weighted by Gasteiger charge is 2.20. The smallest absolute Gasteiger partial charge is 0.197 e. The molecule has 2 heteroatoms. The fraction of sp³-hybridized carbons (Fsp3) is 0.353. The van der Waals surface area contributed by atoms with E-state index in [9.17, 15) is 4.79 Å². The number of furan rings is 1. The molecule has 2 nitrogen and oxygen atoms in total. The van der Waals surface area contributed by atoms with E-state index >= 15 is 0 Å². The summed E-state index contributed by atoms with van der Waals surface area (Å²) in [6.07, 6.45) is 0.466. The highest BCUT2D eigenvalue weighted by molar-refractivity contribution is 5.93.